The molecule has 0 aliphatic carbocycles. The summed E-state index contributed by atoms with van der Waals surface area (Å²) in [4.78, 5) is 16.3. The van der Waals surface area contributed by atoms with Crippen molar-refractivity contribution < 1.29 is 14.3 Å². The van der Waals surface area contributed by atoms with Crippen molar-refractivity contribution in [3.05, 3.63) is 57.3 Å². The minimum atomic E-state index is -0.573. The molecule has 1 aliphatic rings. The van der Waals surface area contributed by atoms with Crippen LogP contribution in [0.15, 0.2) is 47.5 Å². The van der Waals surface area contributed by atoms with Crippen LogP contribution in [0.5, 0.6) is 0 Å². The molecule has 23 heavy (non-hydrogen) atoms. The lowest BCUT2D eigenvalue weighted by Crippen LogP contribution is -2.35. The third kappa shape index (κ3) is 3.48. The molecule has 3 rings (SSSR count). The molecule has 0 radical (unpaired) electrons. The van der Waals surface area contributed by atoms with E-state index in [1.165, 1.54) is 0 Å². The van der Waals surface area contributed by atoms with Crippen molar-refractivity contribution in [1.29, 1.82) is 0 Å². The summed E-state index contributed by atoms with van der Waals surface area (Å²) in [7, 11) is 0. The van der Waals surface area contributed by atoms with E-state index in [1.54, 1.807) is 40.1 Å². The monoisotopic (exact) mass is 347 g/mol. The number of ether oxygens (including phenoxy) is 2. The molecule has 2 aromatic rings. The van der Waals surface area contributed by atoms with Crippen molar-refractivity contribution in [2.24, 2.45) is 0 Å². The van der Waals surface area contributed by atoms with E-state index in [4.69, 9.17) is 9.47 Å². The standard InChI is InChI=1S/C17H17NO3S2/c1-17(2,3)21-16(19)18-12(14-6-4-8-22-14)10-20-11-13(18)15-7-5-9-23-15/h4-11H,1-3H3. The molecule has 0 bridgehead atoms. The lowest BCUT2D eigenvalue weighted by atomic mass is 10.2. The molecular formula is C17H17NO3S2. The van der Waals surface area contributed by atoms with E-state index in [1.807, 2.05) is 55.8 Å². The molecule has 6 heteroatoms. The predicted octanol–water partition coefficient (Wildman–Crippen LogP) is 5.37. The minimum absolute atomic E-state index is 0.417. The third-order valence-electron chi connectivity index (χ3n) is 2.96. The summed E-state index contributed by atoms with van der Waals surface area (Å²) in [5.74, 6) is 0. The van der Waals surface area contributed by atoms with Crippen LogP contribution < -0.4 is 0 Å². The van der Waals surface area contributed by atoms with E-state index in [9.17, 15) is 4.79 Å². The van der Waals surface area contributed by atoms with E-state index >= 15 is 0 Å². The van der Waals surface area contributed by atoms with Crippen LogP contribution in [0.3, 0.4) is 0 Å². The molecule has 2 aromatic heterocycles. The van der Waals surface area contributed by atoms with Gasteiger partial charge in [0.25, 0.3) is 0 Å². The van der Waals surface area contributed by atoms with Crippen molar-refractivity contribution >= 4 is 40.2 Å². The van der Waals surface area contributed by atoms with Gasteiger partial charge in [0.05, 0.1) is 9.75 Å². The first kappa shape index (κ1) is 15.8. The maximum Gasteiger partial charge on any atom is 0.419 e. The summed E-state index contributed by atoms with van der Waals surface area (Å²) in [6, 6.07) is 7.79. The SMILES string of the molecule is CC(C)(C)OC(=O)N1C(c2cccs2)=COC=C1c1cccs1. The quantitative estimate of drug-likeness (QED) is 0.732. The highest BCUT2D eigenvalue weighted by Crippen LogP contribution is 2.37. The van der Waals surface area contributed by atoms with Gasteiger partial charge in [-0.15, -0.1) is 22.7 Å². The summed E-state index contributed by atoms with van der Waals surface area (Å²) in [5.41, 5.74) is 0.788. The number of hydrogen-bond donors (Lipinski definition) is 0. The van der Waals surface area contributed by atoms with Gasteiger partial charge in [-0.25, -0.2) is 9.69 Å². The van der Waals surface area contributed by atoms with Crippen LogP contribution in [-0.4, -0.2) is 16.6 Å². The van der Waals surface area contributed by atoms with Crippen LogP contribution in [0.4, 0.5) is 4.79 Å². The van der Waals surface area contributed by atoms with E-state index in [0.29, 0.717) is 11.4 Å². The van der Waals surface area contributed by atoms with Gasteiger partial charge in [0.1, 0.15) is 29.5 Å². The Labute approximate surface area is 143 Å². The Morgan fingerprint density at radius 2 is 1.57 bits per heavy atom. The Morgan fingerprint density at radius 3 is 1.96 bits per heavy atom. The highest BCUT2D eigenvalue weighted by molar-refractivity contribution is 7.11. The zero-order valence-corrected chi connectivity index (χ0v) is 14.7. The van der Waals surface area contributed by atoms with Crippen molar-refractivity contribution in [3.63, 3.8) is 0 Å². The molecule has 4 nitrogen and oxygen atoms in total. The second kappa shape index (κ2) is 6.22. The fourth-order valence-electron chi connectivity index (χ4n) is 2.09. The number of nitrogens with zero attached hydrogens (tertiary/aromatic N) is 1. The fourth-order valence-corrected chi connectivity index (χ4v) is 3.53. The van der Waals surface area contributed by atoms with E-state index in [0.717, 1.165) is 9.75 Å². The number of rotatable bonds is 2. The van der Waals surface area contributed by atoms with Gasteiger partial charge in [0.2, 0.25) is 0 Å². The van der Waals surface area contributed by atoms with Gasteiger partial charge in [-0.3, -0.25) is 0 Å². The Balaban J connectivity index is 2.00. The maximum absolute atomic E-state index is 12.8. The van der Waals surface area contributed by atoms with Gasteiger partial charge < -0.3 is 9.47 Å². The number of carbonyl (C=O) groups is 1. The molecule has 0 saturated carbocycles. The largest absolute Gasteiger partial charge is 0.468 e. The van der Waals surface area contributed by atoms with Gasteiger partial charge in [-0.05, 0) is 43.7 Å². The second-order valence-corrected chi connectivity index (χ2v) is 7.81. The second-order valence-electron chi connectivity index (χ2n) is 5.91. The molecule has 0 aromatic carbocycles. The van der Waals surface area contributed by atoms with E-state index in [-0.39, 0.29) is 0 Å². The Bertz CT molecular complexity index is 687. The lowest BCUT2D eigenvalue weighted by molar-refractivity contribution is 0.0419. The Kier molecular flexibility index (Phi) is 4.28. The molecule has 1 aliphatic heterocycles. The molecule has 0 unspecified atom stereocenters. The van der Waals surface area contributed by atoms with Crippen LogP contribution in [0.1, 0.15) is 30.5 Å². The van der Waals surface area contributed by atoms with Gasteiger partial charge >= 0.3 is 6.09 Å². The molecule has 0 atom stereocenters. The number of hydrogen-bond acceptors (Lipinski definition) is 5. The summed E-state index contributed by atoms with van der Waals surface area (Å²) >= 11 is 3.09. The molecule has 1 amide bonds. The zero-order chi connectivity index (χ0) is 16.4. The van der Waals surface area contributed by atoms with Crippen molar-refractivity contribution in [2.45, 2.75) is 26.4 Å². The van der Waals surface area contributed by atoms with Crippen LogP contribution in [0.2, 0.25) is 0 Å². The smallest absolute Gasteiger partial charge is 0.419 e. The van der Waals surface area contributed by atoms with Gasteiger partial charge in [0.15, 0.2) is 0 Å². The van der Waals surface area contributed by atoms with Crippen molar-refractivity contribution in [2.75, 3.05) is 0 Å². The topological polar surface area (TPSA) is 38.8 Å². The minimum Gasteiger partial charge on any atom is -0.468 e. The normalized spacial score (nSPS) is 14.8. The lowest BCUT2D eigenvalue weighted by Gasteiger charge is -2.31. The first-order valence-corrected chi connectivity index (χ1v) is 8.88. The summed E-state index contributed by atoms with van der Waals surface area (Å²) in [6.07, 6.45) is 2.74. The highest BCUT2D eigenvalue weighted by atomic mass is 32.1. The predicted molar refractivity (Wildman–Crippen MR) is 93.8 cm³/mol. The first-order valence-electron chi connectivity index (χ1n) is 7.12. The van der Waals surface area contributed by atoms with Crippen LogP contribution in [0.25, 0.3) is 11.4 Å². The van der Waals surface area contributed by atoms with Crippen molar-refractivity contribution in [1.82, 2.24) is 4.90 Å². The first-order chi connectivity index (χ1) is 11.0. The molecule has 0 saturated heterocycles. The summed E-state index contributed by atoms with van der Waals surface area (Å²) in [5, 5.41) is 3.93. The Hall–Kier alpha value is -2.05. The molecular weight excluding hydrogens is 330 g/mol. The number of amides is 1. The van der Waals surface area contributed by atoms with Gasteiger partial charge in [0, 0.05) is 0 Å². The molecule has 3 heterocycles. The van der Waals surface area contributed by atoms with Crippen LogP contribution >= 0.6 is 22.7 Å². The molecule has 0 spiro atoms. The van der Waals surface area contributed by atoms with Gasteiger partial charge in [-0.2, -0.15) is 0 Å². The number of carbonyl (C=O) groups excluding carboxylic acids is 1. The fraction of sp³-hybridized carbons (Fsp3) is 0.235. The van der Waals surface area contributed by atoms with Crippen molar-refractivity contribution in [3.8, 4) is 0 Å². The van der Waals surface area contributed by atoms with Crippen LogP contribution in [0, 0.1) is 0 Å². The van der Waals surface area contributed by atoms with E-state index < -0.39 is 11.7 Å². The molecule has 0 N–H and O–H groups in total. The van der Waals surface area contributed by atoms with Crippen LogP contribution in [-0.2, 0) is 9.47 Å². The third-order valence-corrected chi connectivity index (χ3v) is 4.75. The average Bonchev–Trinajstić information content (AvgIpc) is 3.18. The van der Waals surface area contributed by atoms with Gasteiger partial charge in [-0.1, -0.05) is 12.1 Å². The zero-order valence-electron chi connectivity index (χ0n) is 13.1. The maximum atomic E-state index is 12.8. The summed E-state index contributed by atoms with van der Waals surface area (Å²) < 4.78 is 11.1. The van der Waals surface area contributed by atoms with E-state index in [2.05, 4.69) is 0 Å². The highest BCUT2D eigenvalue weighted by Gasteiger charge is 2.32. The Morgan fingerprint density at radius 1 is 1.04 bits per heavy atom. The summed E-state index contributed by atoms with van der Waals surface area (Å²) in [6.45, 7) is 5.57. The molecule has 0 fully saturated rings. The average molecular weight is 347 g/mol. The number of thiophene rings is 2. The molecule has 120 valence electrons.